The minimum Gasteiger partial charge on any atom is -0.493 e. The number of carbonyl (C=O) groups is 2. The lowest BCUT2D eigenvalue weighted by Gasteiger charge is -2.10. The van der Waals surface area contributed by atoms with Gasteiger partial charge in [-0.05, 0) is 29.7 Å². The number of rotatable bonds is 10. The molecule has 10 nitrogen and oxygen atoms in total. The van der Waals surface area contributed by atoms with Crippen LogP contribution in [0.5, 0.6) is 17.2 Å². The summed E-state index contributed by atoms with van der Waals surface area (Å²) in [7, 11) is 3.06. The molecule has 35 heavy (non-hydrogen) atoms. The average Bonchev–Trinajstić information content (AvgIpc) is 3.40. The number of amides is 2. The number of fused-ring (bicyclic) bond motifs is 1. The van der Waals surface area contributed by atoms with Crippen molar-refractivity contribution in [2.75, 3.05) is 33.9 Å². The number of nitrogens with one attached hydrogen (secondary N) is 2. The molecule has 0 spiro atoms. The van der Waals surface area contributed by atoms with Gasteiger partial charge in [0.25, 0.3) is 5.91 Å². The van der Waals surface area contributed by atoms with Crippen LogP contribution in [-0.2, 0) is 4.79 Å². The van der Waals surface area contributed by atoms with Gasteiger partial charge >= 0.3 is 11.8 Å². The molecule has 0 aliphatic rings. The van der Waals surface area contributed by atoms with E-state index in [1.54, 1.807) is 18.2 Å². The molecule has 0 unspecified atom stereocenters. The second-order valence-corrected chi connectivity index (χ2v) is 7.36. The van der Waals surface area contributed by atoms with E-state index in [9.17, 15) is 9.59 Å². The summed E-state index contributed by atoms with van der Waals surface area (Å²) in [5.41, 5.74) is 0.601. The van der Waals surface area contributed by atoms with Crippen molar-refractivity contribution in [1.29, 1.82) is 0 Å². The molecule has 0 aliphatic carbocycles. The lowest BCUT2D eigenvalue weighted by atomic mass is 10.1. The quantitative estimate of drug-likeness (QED) is 0.335. The summed E-state index contributed by atoms with van der Waals surface area (Å²) in [4.78, 5) is 28.5. The fraction of sp³-hybridized carbons (Fsp3) is 0.200. The third kappa shape index (κ3) is 5.67. The molecule has 0 saturated heterocycles. The summed E-state index contributed by atoms with van der Waals surface area (Å²) in [6.45, 7) is 0.243. The predicted octanol–water partition coefficient (Wildman–Crippen LogP) is 2.83. The molecule has 0 bridgehead atoms. The summed E-state index contributed by atoms with van der Waals surface area (Å²) in [5.74, 6) is 0.873. The third-order valence-corrected chi connectivity index (χ3v) is 5.10. The maximum Gasteiger partial charge on any atom is 0.316 e. The maximum absolute atomic E-state index is 12.3. The smallest absolute Gasteiger partial charge is 0.316 e. The minimum atomic E-state index is -0.550. The number of methoxy groups -OCH3 is 2. The Morgan fingerprint density at radius 2 is 1.66 bits per heavy atom. The van der Waals surface area contributed by atoms with Gasteiger partial charge in [0.1, 0.15) is 5.75 Å². The van der Waals surface area contributed by atoms with Crippen LogP contribution in [0.2, 0.25) is 0 Å². The Kier molecular flexibility index (Phi) is 7.41. The highest BCUT2D eigenvalue weighted by Gasteiger charge is 2.17. The van der Waals surface area contributed by atoms with Gasteiger partial charge in [-0.25, -0.2) is 0 Å². The van der Waals surface area contributed by atoms with Gasteiger partial charge < -0.3 is 29.4 Å². The van der Waals surface area contributed by atoms with Gasteiger partial charge in [-0.1, -0.05) is 41.6 Å². The Bertz CT molecular complexity index is 1330. The number of aromatic nitrogens is 2. The Balaban J connectivity index is 1.23. The van der Waals surface area contributed by atoms with Crippen molar-refractivity contribution in [2.24, 2.45) is 0 Å². The predicted molar refractivity (Wildman–Crippen MR) is 128 cm³/mol. The van der Waals surface area contributed by atoms with E-state index >= 15 is 0 Å². The first-order chi connectivity index (χ1) is 17.1. The van der Waals surface area contributed by atoms with E-state index in [-0.39, 0.29) is 37.3 Å². The molecule has 0 fully saturated rings. The van der Waals surface area contributed by atoms with E-state index in [2.05, 4.69) is 20.8 Å². The highest BCUT2D eigenvalue weighted by atomic mass is 16.5. The van der Waals surface area contributed by atoms with Crippen molar-refractivity contribution >= 4 is 22.6 Å². The molecule has 10 heteroatoms. The van der Waals surface area contributed by atoms with Crippen LogP contribution in [-0.4, -0.2) is 55.9 Å². The molecule has 0 aliphatic heterocycles. The molecule has 180 valence electrons. The fourth-order valence-corrected chi connectivity index (χ4v) is 3.38. The van der Waals surface area contributed by atoms with E-state index in [0.29, 0.717) is 22.8 Å². The first-order valence-corrected chi connectivity index (χ1v) is 10.8. The normalized spacial score (nSPS) is 10.6. The monoisotopic (exact) mass is 476 g/mol. The second kappa shape index (κ2) is 11.0. The molecule has 2 N–H and O–H groups in total. The minimum absolute atomic E-state index is 0.139. The van der Waals surface area contributed by atoms with Gasteiger partial charge in [0.2, 0.25) is 5.82 Å². The van der Waals surface area contributed by atoms with Crippen molar-refractivity contribution in [2.45, 2.75) is 0 Å². The SMILES string of the molecule is COc1ccc(-c2noc(C(=O)NCCNC(=O)COc3cccc4ccccc34)n2)cc1OC. The van der Waals surface area contributed by atoms with Crippen LogP contribution in [0.1, 0.15) is 10.7 Å². The van der Waals surface area contributed by atoms with Gasteiger partial charge in [0.05, 0.1) is 14.2 Å². The lowest BCUT2D eigenvalue weighted by molar-refractivity contribution is -0.123. The van der Waals surface area contributed by atoms with Crippen molar-refractivity contribution in [3.63, 3.8) is 0 Å². The molecular weight excluding hydrogens is 452 g/mol. The van der Waals surface area contributed by atoms with Crippen LogP contribution in [0.4, 0.5) is 0 Å². The Labute approximate surface area is 201 Å². The largest absolute Gasteiger partial charge is 0.493 e. The molecule has 0 saturated carbocycles. The van der Waals surface area contributed by atoms with Gasteiger partial charge in [0, 0.05) is 24.0 Å². The molecule has 4 aromatic rings. The summed E-state index contributed by atoms with van der Waals surface area (Å²) < 4.78 is 21.2. The Hall–Kier alpha value is -4.60. The number of hydrogen-bond donors (Lipinski definition) is 2. The molecule has 1 heterocycles. The molecule has 3 aromatic carbocycles. The molecule has 1 aromatic heterocycles. The van der Waals surface area contributed by atoms with Crippen LogP contribution >= 0.6 is 0 Å². The highest BCUT2D eigenvalue weighted by Crippen LogP contribution is 2.31. The standard InChI is InChI=1S/C25H24N4O6/c1-32-20-11-10-17(14-21(20)33-2)23-28-25(35-29-23)24(31)27-13-12-26-22(30)15-34-19-9-5-7-16-6-3-4-8-18(16)19/h3-11,14H,12-13,15H2,1-2H3,(H,26,30)(H,27,31). The van der Waals surface area contributed by atoms with Crippen LogP contribution in [0.3, 0.4) is 0 Å². The third-order valence-electron chi connectivity index (χ3n) is 5.10. The topological polar surface area (TPSA) is 125 Å². The Morgan fingerprint density at radius 3 is 2.49 bits per heavy atom. The van der Waals surface area contributed by atoms with Crippen molar-refractivity contribution in [3.05, 3.63) is 66.6 Å². The van der Waals surface area contributed by atoms with Crippen LogP contribution in [0.25, 0.3) is 22.2 Å². The number of nitrogens with zero attached hydrogens (tertiary/aromatic N) is 2. The van der Waals surface area contributed by atoms with Crippen LogP contribution < -0.4 is 24.8 Å². The number of ether oxygens (including phenoxy) is 3. The van der Waals surface area contributed by atoms with E-state index < -0.39 is 5.91 Å². The first-order valence-electron chi connectivity index (χ1n) is 10.8. The number of benzene rings is 3. The molecule has 4 rings (SSSR count). The van der Waals surface area contributed by atoms with E-state index in [0.717, 1.165) is 10.8 Å². The molecule has 2 amide bonds. The van der Waals surface area contributed by atoms with Gasteiger partial charge in [0.15, 0.2) is 18.1 Å². The van der Waals surface area contributed by atoms with E-state index in [1.807, 2.05) is 42.5 Å². The molecular formula is C25H24N4O6. The average molecular weight is 476 g/mol. The fourth-order valence-electron chi connectivity index (χ4n) is 3.38. The summed E-state index contributed by atoms with van der Waals surface area (Å²) in [5, 5.41) is 11.1. The van der Waals surface area contributed by atoms with Gasteiger partial charge in [-0.2, -0.15) is 4.98 Å². The summed E-state index contributed by atoms with van der Waals surface area (Å²) >= 11 is 0. The first kappa shape index (κ1) is 23.6. The van der Waals surface area contributed by atoms with Crippen molar-refractivity contribution in [1.82, 2.24) is 20.8 Å². The van der Waals surface area contributed by atoms with E-state index in [4.69, 9.17) is 18.7 Å². The van der Waals surface area contributed by atoms with Gasteiger partial charge in [-0.15, -0.1) is 0 Å². The van der Waals surface area contributed by atoms with Crippen LogP contribution in [0, 0.1) is 0 Å². The van der Waals surface area contributed by atoms with Gasteiger partial charge in [-0.3, -0.25) is 9.59 Å². The summed E-state index contributed by atoms with van der Waals surface area (Å²) in [6, 6.07) is 18.6. The van der Waals surface area contributed by atoms with Crippen molar-refractivity contribution in [3.8, 4) is 28.6 Å². The molecule has 0 atom stereocenters. The summed E-state index contributed by atoms with van der Waals surface area (Å²) in [6.07, 6.45) is 0. The van der Waals surface area contributed by atoms with Crippen molar-refractivity contribution < 1.29 is 28.3 Å². The maximum atomic E-state index is 12.3. The zero-order valence-electron chi connectivity index (χ0n) is 19.2. The molecule has 0 radical (unpaired) electrons. The Morgan fingerprint density at radius 1 is 0.886 bits per heavy atom. The number of carbonyl (C=O) groups excluding carboxylic acids is 2. The van der Waals surface area contributed by atoms with E-state index in [1.165, 1.54) is 14.2 Å². The highest BCUT2D eigenvalue weighted by molar-refractivity contribution is 5.90. The lowest BCUT2D eigenvalue weighted by Crippen LogP contribution is -2.36. The second-order valence-electron chi connectivity index (χ2n) is 7.36. The van der Waals surface area contributed by atoms with Crippen LogP contribution in [0.15, 0.2) is 65.2 Å². The zero-order valence-corrected chi connectivity index (χ0v) is 19.2. The number of hydrogen-bond acceptors (Lipinski definition) is 8. The zero-order chi connectivity index (χ0) is 24.6.